The van der Waals surface area contributed by atoms with E-state index in [1.54, 1.807) is 0 Å². The molecule has 3 heteroatoms. The minimum absolute atomic E-state index is 0.269. The first-order valence-electron chi connectivity index (χ1n) is 4.49. The van der Waals surface area contributed by atoms with Crippen LogP contribution in [0, 0.1) is 20.8 Å². The van der Waals surface area contributed by atoms with Crippen LogP contribution in [0.2, 0.25) is 0 Å². The number of hydrogen-bond donors (Lipinski definition) is 1. The first-order valence-corrected chi connectivity index (χ1v) is 5.48. The van der Waals surface area contributed by atoms with Gasteiger partial charge in [0.15, 0.2) is 0 Å². The van der Waals surface area contributed by atoms with Crippen LogP contribution in [0.3, 0.4) is 0 Å². The van der Waals surface area contributed by atoms with Gasteiger partial charge >= 0.3 is 0 Å². The van der Waals surface area contributed by atoms with Gasteiger partial charge in [-0.05, 0) is 31.9 Å². The molecule has 0 saturated carbocycles. The molecule has 0 bridgehead atoms. The van der Waals surface area contributed by atoms with Crippen molar-refractivity contribution in [3.63, 3.8) is 0 Å². The highest BCUT2D eigenvalue weighted by atomic mass is 32.2. The Labute approximate surface area is 88.9 Å². The summed E-state index contributed by atoms with van der Waals surface area (Å²) in [5, 5.41) is 0. The standard InChI is InChI=1S/C11H15NOS/c1-7-4-8(2)11(9(3)5-7)14-6-10(12)13/h4-5H,6H2,1-3H3,(H2,12,13). The Hall–Kier alpha value is -0.960. The van der Waals surface area contributed by atoms with Crippen LogP contribution in [0.15, 0.2) is 17.0 Å². The van der Waals surface area contributed by atoms with E-state index in [0.29, 0.717) is 5.75 Å². The lowest BCUT2D eigenvalue weighted by Gasteiger charge is -2.09. The van der Waals surface area contributed by atoms with Crippen molar-refractivity contribution < 1.29 is 4.79 Å². The molecule has 0 heterocycles. The first-order chi connectivity index (χ1) is 6.50. The minimum Gasteiger partial charge on any atom is -0.369 e. The molecule has 0 aliphatic rings. The lowest BCUT2D eigenvalue weighted by molar-refractivity contribution is -0.115. The smallest absolute Gasteiger partial charge is 0.227 e. The summed E-state index contributed by atoms with van der Waals surface area (Å²) in [5.74, 6) is 0.0828. The number of aryl methyl sites for hydroxylation is 3. The van der Waals surface area contributed by atoms with E-state index >= 15 is 0 Å². The normalized spacial score (nSPS) is 10.2. The van der Waals surface area contributed by atoms with Crippen molar-refractivity contribution in [2.75, 3.05) is 5.75 Å². The van der Waals surface area contributed by atoms with Crippen LogP contribution in [-0.2, 0) is 4.79 Å². The van der Waals surface area contributed by atoms with Gasteiger partial charge in [0.1, 0.15) is 0 Å². The van der Waals surface area contributed by atoms with Gasteiger partial charge in [-0.15, -0.1) is 11.8 Å². The number of benzene rings is 1. The molecule has 0 saturated heterocycles. The number of hydrogen-bond acceptors (Lipinski definition) is 2. The van der Waals surface area contributed by atoms with Crippen molar-refractivity contribution in [2.45, 2.75) is 25.7 Å². The van der Waals surface area contributed by atoms with Crippen LogP contribution in [0.1, 0.15) is 16.7 Å². The van der Waals surface area contributed by atoms with Gasteiger partial charge in [-0.25, -0.2) is 0 Å². The third-order valence-electron chi connectivity index (χ3n) is 1.96. The van der Waals surface area contributed by atoms with Crippen molar-refractivity contribution in [2.24, 2.45) is 5.73 Å². The third kappa shape index (κ3) is 2.77. The lowest BCUT2D eigenvalue weighted by atomic mass is 10.1. The molecular weight excluding hydrogens is 194 g/mol. The van der Waals surface area contributed by atoms with Gasteiger partial charge in [0.25, 0.3) is 0 Å². The van der Waals surface area contributed by atoms with Gasteiger partial charge in [-0.3, -0.25) is 4.79 Å². The van der Waals surface area contributed by atoms with Gasteiger partial charge in [0, 0.05) is 4.90 Å². The summed E-state index contributed by atoms with van der Waals surface area (Å²) in [6.45, 7) is 6.19. The molecule has 14 heavy (non-hydrogen) atoms. The second-order valence-corrected chi connectivity index (χ2v) is 4.47. The number of nitrogens with two attached hydrogens (primary N) is 1. The Morgan fingerprint density at radius 3 is 2.21 bits per heavy atom. The summed E-state index contributed by atoms with van der Waals surface area (Å²) in [7, 11) is 0. The number of primary amides is 1. The molecule has 0 unspecified atom stereocenters. The Kier molecular flexibility index (Phi) is 3.58. The number of thioether (sulfide) groups is 1. The molecule has 1 rings (SSSR count). The van der Waals surface area contributed by atoms with E-state index in [0.717, 1.165) is 0 Å². The van der Waals surface area contributed by atoms with Gasteiger partial charge < -0.3 is 5.73 Å². The highest BCUT2D eigenvalue weighted by Crippen LogP contribution is 2.27. The molecular formula is C11H15NOS. The number of carbonyl (C=O) groups is 1. The van der Waals surface area contributed by atoms with E-state index in [1.165, 1.54) is 33.3 Å². The molecule has 0 radical (unpaired) electrons. The molecule has 76 valence electrons. The Bertz CT molecular complexity index is 337. The average molecular weight is 209 g/mol. The highest BCUT2D eigenvalue weighted by Gasteiger charge is 2.05. The topological polar surface area (TPSA) is 43.1 Å². The summed E-state index contributed by atoms with van der Waals surface area (Å²) in [6, 6.07) is 4.24. The maximum atomic E-state index is 10.7. The maximum Gasteiger partial charge on any atom is 0.227 e. The Morgan fingerprint density at radius 1 is 1.29 bits per heavy atom. The van der Waals surface area contributed by atoms with Crippen molar-refractivity contribution in [1.29, 1.82) is 0 Å². The van der Waals surface area contributed by atoms with Crippen molar-refractivity contribution in [3.8, 4) is 0 Å². The zero-order valence-electron chi connectivity index (χ0n) is 8.76. The van der Waals surface area contributed by atoms with E-state index in [9.17, 15) is 4.79 Å². The van der Waals surface area contributed by atoms with E-state index in [4.69, 9.17) is 5.73 Å². The molecule has 0 spiro atoms. The van der Waals surface area contributed by atoms with Crippen LogP contribution in [0.25, 0.3) is 0 Å². The van der Waals surface area contributed by atoms with Crippen molar-refractivity contribution in [3.05, 3.63) is 28.8 Å². The summed E-state index contributed by atoms with van der Waals surface area (Å²) < 4.78 is 0. The van der Waals surface area contributed by atoms with Crippen molar-refractivity contribution in [1.82, 2.24) is 0 Å². The molecule has 1 amide bonds. The molecule has 0 aliphatic carbocycles. The van der Waals surface area contributed by atoms with Gasteiger partial charge in [0.2, 0.25) is 5.91 Å². The van der Waals surface area contributed by atoms with Gasteiger partial charge in [-0.2, -0.15) is 0 Å². The lowest BCUT2D eigenvalue weighted by Crippen LogP contribution is -2.13. The molecule has 0 aromatic heterocycles. The maximum absolute atomic E-state index is 10.7. The van der Waals surface area contributed by atoms with E-state index in [2.05, 4.69) is 32.9 Å². The fourth-order valence-electron chi connectivity index (χ4n) is 1.54. The summed E-state index contributed by atoms with van der Waals surface area (Å²) in [6.07, 6.45) is 0. The molecule has 0 atom stereocenters. The number of carbonyl (C=O) groups excluding carboxylic acids is 1. The van der Waals surface area contributed by atoms with E-state index < -0.39 is 0 Å². The molecule has 0 fully saturated rings. The molecule has 1 aromatic carbocycles. The zero-order valence-corrected chi connectivity index (χ0v) is 9.57. The second-order valence-electron chi connectivity index (χ2n) is 3.48. The monoisotopic (exact) mass is 209 g/mol. The zero-order chi connectivity index (χ0) is 10.7. The van der Waals surface area contributed by atoms with Crippen LogP contribution in [0.4, 0.5) is 0 Å². The highest BCUT2D eigenvalue weighted by molar-refractivity contribution is 8.00. The minimum atomic E-state index is -0.269. The van der Waals surface area contributed by atoms with Crippen LogP contribution < -0.4 is 5.73 Å². The van der Waals surface area contributed by atoms with Crippen LogP contribution in [0.5, 0.6) is 0 Å². The quantitative estimate of drug-likeness (QED) is 0.775. The number of rotatable bonds is 3. The largest absolute Gasteiger partial charge is 0.369 e. The van der Waals surface area contributed by atoms with E-state index in [1.807, 2.05) is 0 Å². The Balaban J connectivity index is 2.91. The third-order valence-corrected chi connectivity index (χ3v) is 3.32. The number of amides is 1. The second kappa shape index (κ2) is 4.51. The first kappa shape index (κ1) is 11.1. The van der Waals surface area contributed by atoms with Crippen LogP contribution >= 0.6 is 11.8 Å². The SMILES string of the molecule is Cc1cc(C)c(SCC(N)=O)c(C)c1. The molecule has 2 nitrogen and oxygen atoms in total. The molecule has 0 aliphatic heterocycles. The summed E-state index contributed by atoms with van der Waals surface area (Å²) in [5.41, 5.74) is 8.80. The van der Waals surface area contributed by atoms with Gasteiger partial charge in [0.05, 0.1) is 5.75 Å². The summed E-state index contributed by atoms with van der Waals surface area (Å²) >= 11 is 1.52. The Morgan fingerprint density at radius 2 is 1.79 bits per heavy atom. The average Bonchev–Trinajstić information content (AvgIpc) is 2.01. The summed E-state index contributed by atoms with van der Waals surface area (Å²) in [4.78, 5) is 11.8. The van der Waals surface area contributed by atoms with Crippen LogP contribution in [-0.4, -0.2) is 11.7 Å². The van der Waals surface area contributed by atoms with Gasteiger partial charge in [-0.1, -0.05) is 17.7 Å². The van der Waals surface area contributed by atoms with E-state index in [-0.39, 0.29) is 5.91 Å². The fraction of sp³-hybridized carbons (Fsp3) is 0.364. The predicted molar refractivity (Wildman–Crippen MR) is 60.6 cm³/mol. The predicted octanol–water partition coefficient (Wildman–Crippen LogP) is 2.19. The van der Waals surface area contributed by atoms with Crippen molar-refractivity contribution >= 4 is 17.7 Å². The molecule has 2 N–H and O–H groups in total. The molecule has 1 aromatic rings. The fourth-order valence-corrected chi connectivity index (χ4v) is 2.40.